The molecule has 6 heteroatoms. The fourth-order valence-corrected chi connectivity index (χ4v) is 9.49. The van der Waals surface area contributed by atoms with Crippen molar-refractivity contribution in [3.8, 4) is 0 Å². The van der Waals surface area contributed by atoms with Gasteiger partial charge in [-0.15, -0.1) is 0 Å². The lowest BCUT2D eigenvalue weighted by Crippen LogP contribution is -2.30. The van der Waals surface area contributed by atoms with E-state index in [0.29, 0.717) is 12.8 Å². The third kappa shape index (κ3) is 68.2. The zero-order chi connectivity index (χ0) is 59.9. The molecule has 6 nitrogen and oxygen atoms in total. The third-order valence-corrected chi connectivity index (χ3v) is 14.6. The Kier molecular flexibility index (Phi) is 66.3. The van der Waals surface area contributed by atoms with Crippen LogP contribution in [0.2, 0.25) is 0 Å². The van der Waals surface area contributed by atoms with Gasteiger partial charge in [-0.3, -0.25) is 14.4 Å². The second-order valence-electron chi connectivity index (χ2n) is 22.7. The van der Waals surface area contributed by atoms with Crippen LogP contribution >= 0.6 is 0 Å². The fraction of sp³-hybridized carbons (Fsp3) is 0.675. The minimum absolute atomic E-state index is 0.103. The Morgan fingerprint density at radius 1 is 0.253 bits per heavy atom. The highest BCUT2D eigenvalue weighted by Gasteiger charge is 2.19. The van der Waals surface area contributed by atoms with Crippen molar-refractivity contribution in [2.45, 2.75) is 322 Å². The van der Waals surface area contributed by atoms with E-state index in [1.165, 1.54) is 141 Å². The third-order valence-electron chi connectivity index (χ3n) is 14.6. The lowest BCUT2D eigenvalue weighted by molar-refractivity contribution is -0.167. The summed E-state index contributed by atoms with van der Waals surface area (Å²) in [6.45, 7) is 6.36. The summed E-state index contributed by atoms with van der Waals surface area (Å²) in [5.41, 5.74) is 0. The highest BCUT2D eigenvalue weighted by Crippen LogP contribution is 2.17. The van der Waals surface area contributed by atoms with E-state index in [2.05, 4.69) is 154 Å². The van der Waals surface area contributed by atoms with Crippen LogP contribution < -0.4 is 0 Å². The summed E-state index contributed by atoms with van der Waals surface area (Å²) in [4.78, 5) is 38.3. The summed E-state index contributed by atoms with van der Waals surface area (Å²) in [6.07, 6.45) is 99.2. The highest BCUT2D eigenvalue weighted by molar-refractivity contribution is 5.71. The van der Waals surface area contributed by atoms with Gasteiger partial charge in [0.1, 0.15) is 13.2 Å². The fourth-order valence-electron chi connectivity index (χ4n) is 9.49. The number of carbonyl (C=O) groups is 3. The molecule has 0 fully saturated rings. The van der Waals surface area contributed by atoms with Crippen molar-refractivity contribution in [2.24, 2.45) is 0 Å². The number of carbonyl (C=O) groups excluding carboxylic acids is 3. The van der Waals surface area contributed by atoms with Gasteiger partial charge in [-0.1, -0.05) is 296 Å². The topological polar surface area (TPSA) is 78.9 Å². The van der Waals surface area contributed by atoms with E-state index < -0.39 is 6.10 Å². The van der Waals surface area contributed by atoms with Crippen molar-refractivity contribution in [3.63, 3.8) is 0 Å². The molecule has 0 aliphatic rings. The zero-order valence-corrected chi connectivity index (χ0v) is 54.2. The Balaban J connectivity index is 4.25. The van der Waals surface area contributed by atoms with E-state index >= 15 is 0 Å². The number of esters is 3. The standard InChI is InChI=1S/C77H128O6/c1-4-7-10-13-16-19-22-25-27-29-31-32-33-34-35-36-37-38-39-40-41-42-43-44-46-47-49-52-55-58-61-64-67-70-76(79)82-73-74(72-81-75(78)69-66-63-60-57-54-51-24-21-18-15-12-9-6-3)83-77(80)71-68-65-62-59-56-53-50-48-45-30-28-26-23-20-17-14-11-8-5-2/h8-9,11-12,17-18,20-22,25-26,28-29,31,33-34,45,48,51,53-54,56,74H,4-7,10,13-16,19,23-24,27,30,32,35-44,46-47,49-50,52,55,57-73H2,1-3H3/b11-8-,12-9-,20-17-,21-18-,25-22-,28-26-,31-29-,34-33-,48-45-,54-51-,56-53-. The number of hydrogen-bond donors (Lipinski definition) is 0. The largest absolute Gasteiger partial charge is 0.462 e. The first-order valence-electron chi connectivity index (χ1n) is 34.7. The molecule has 0 saturated carbocycles. The molecule has 0 saturated heterocycles. The predicted molar refractivity (Wildman–Crippen MR) is 362 cm³/mol. The average molecular weight is 1150 g/mol. The zero-order valence-electron chi connectivity index (χ0n) is 54.2. The van der Waals surface area contributed by atoms with Crippen LogP contribution in [0.3, 0.4) is 0 Å². The van der Waals surface area contributed by atoms with Gasteiger partial charge in [0.15, 0.2) is 6.10 Å². The van der Waals surface area contributed by atoms with Gasteiger partial charge < -0.3 is 14.2 Å². The molecule has 0 aromatic carbocycles. The first-order valence-corrected chi connectivity index (χ1v) is 34.7. The van der Waals surface area contributed by atoms with Crippen LogP contribution in [-0.2, 0) is 28.6 Å². The molecule has 0 aliphatic heterocycles. The molecule has 0 aromatic rings. The van der Waals surface area contributed by atoms with E-state index in [-0.39, 0.29) is 37.5 Å². The molecule has 0 aliphatic carbocycles. The first-order chi connectivity index (χ1) is 41.0. The summed E-state index contributed by atoms with van der Waals surface area (Å²) in [5.74, 6) is -0.961. The van der Waals surface area contributed by atoms with Gasteiger partial charge in [-0.25, -0.2) is 0 Å². The number of rotatable bonds is 62. The summed E-state index contributed by atoms with van der Waals surface area (Å²) in [7, 11) is 0. The smallest absolute Gasteiger partial charge is 0.306 e. The van der Waals surface area contributed by atoms with E-state index in [0.717, 1.165) is 135 Å². The monoisotopic (exact) mass is 1150 g/mol. The Labute approximate surface area is 513 Å². The molecule has 0 N–H and O–H groups in total. The molecule has 0 bridgehead atoms. The molecule has 0 aromatic heterocycles. The molecule has 0 spiro atoms. The minimum Gasteiger partial charge on any atom is -0.462 e. The maximum Gasteiger partial charge on any atom is 0.306 e. The van der Waals surface area contributed by atoms with Crippen molar-refractivity contribution < 1.29 is 28.6 Å². The van der Waals surface area contributed by atoms with Gasteiger partial charge in [-0.05, 0) is 135 Å². The molecular formula is C77H128O6. The molecule has 1 atom stereocenters. The van der Waals surface area contributed by atoms with Crippen molar-refractivity contribution in [2.75, 3.05) is 13.2 Å². The number of allylic oxidation sites excluding steroid dienone is 22. The summed E-state index contributed by atoms with van der Waals surface area (Å²) >= 11 is 0. The average Bonchev–Trinajstić information content (AvgIpc) is 3.49. The number of hydrogen-bond acceptors (Lipinski definition) is 6. The maximum atomic E-state index is 12.9. The van der Waals surface area contributed by atoms with Gasteiger partial charge in [0.25, 0.3) is 0 Å². The lowest BCUT2D eigenvalue weighted by Gasteiger charge is -2.18. The Morgan fingerprint density at radius 2 is 0.470 bits per heavy atom. The normalized spacial score (nSPS) is 13.0. The maximum absolute atomic E-state index is 12.9. The van der Waals surface area contributed by atoms with Gasteiger partial charge >= 0.3 is 17.9 Å². The number of unbranched alkanes of at least 4 members (excludes halogenated alkanes) is 29. The van der Waals surface area contributed by atoms with Crippen LogP contribution in [0.15, 0.2) is 134 Å². The van der Waals surface area contributed by atoms with Gasteiger partial charge in [0, 0.05) is 19.3 Å². The lowest BCUT2D eigenvalue weighted by atomic mass is 10.0. The minimum atomic E-state index is -0.812. The molecule has 0 radical (unpaired) electrons. The van der Waals surface area contributed by atoms with Crippen LogP contribution in [-0.4, -0.2) is 37.2 Å². The van der Waals surface area contributed by atoms with E-state index in [9.17, 15) is 14.4 Å². The van der Waals surface area contributed by atoms with Crippen LogP contribution in [0.25, 0.3) is 0 Å². The van der Waals surface area contributed by atoms with Crippen molar-refractivity contribution in [1.29, 1.82) is 0 Å². The van der Waals surface area contributed by atoms with E-state index in [1.54, 1.807) is 0 Å². The molecule has 0 rings (SSSR count). The quantitative estimate of drug-likeness (QED) is 0.0261. The van der Waals surface area contributed by atoms with E-state index in [1.807, 2.05) is 0 Å². The summed E-state index contributed by atoms with van der Waals surface area (Å²) in [6, 6.07) is 0. The molecule has 0 amide bonds. The molecule has 472 valence electrons. The Bertz CT molecular complexity index is 1750. The highest BCUT2D eigenvalue weighted by atomic mass is 16.6. The van der Waals surface area contributed by atoms with Crippen LogP contribution in [0.1, 0.15) is 316 Å². The van der Waals surface area contributed by atoms with Gasteiger partial charge in [-0.2, -0.15) is 0 Å². The second-order valence-corrected chi connectivity index (χ2v) is 22.7. The summed E-state index contributed by atoms with van der Waals surface area (Å²) < 4.78 is 16.9. The Hall–Kier alpha value is -4.45. The molecule has 83 heavy (non-hydrogen) atoms. The van der Waals surface area contributed by atoms with Gasteiger partial charge in [0.2, 0.25) is 0 Å². The molecular weight excluding hydrogens is 1020 g/mol. The van der Waals surface area contributed by atoms with Crippen molar-refractivity contribution >= 4 is 17.9 Å². The molecule has 0 heterocycles. The predicted octanol–water partition coefficient (Wildman–Crippen LogP) is 24.1. The second kappa shape index (κ2) is 70.0. The van der Waals surface area contributed by atoms with Crippen LogP contribution in [0.4, 0.5) is 0 Å². The van der Waals surface area contributed by atoms with Crippen LogP contribution in [0, 0.1) is 0 Å². The number of ether oxygens (including phenoxy) is 3. The van der Waals surface area contributed by atoms with Crippen molar-refractivity contribution in [3.05, 3.63) is 134 Å². The van der Waals surface area contributed by atoms with E-state index in [4.69, 9.17) is 14.2 Å². The van der Waals surface area contributed by atoms with Gasteiger partial charge in [0.05, 0.1) is 0 Å². The first kappa shape index (κ1) is 78.5. The van der Waals surface area contributed by atoms with Crippen molar-refractivity contribution in [1.82, 2.24) is 0 Å². The Morgan fingerprint density at radius 3 is 0.747 bits per heavy atom. The summed E-state index contributed by atoms with van der Waals surface area (Å²) in [5, 5.41) is 0. The SMILES string of the molecule is CC/C=C\C/C=C\C/C=C\C/C=C\C/C=C\CCCCCC(=O)OC(COC(=O)CCCCC/C=C\C/C=C\C/C=C\CC)COC(=O)CCCCCCCCCCCCCCCCCCCC/C=C\C/C=C\C/C=C\CCCCCCC. The van der Waals surface area contributed by atoms with Crippen LogP contribution in [0.5, 0.6) is 0 Å². The molecule has 1 unspecified atom stereocenters.